The number of nitrogens with one attached hydrogen (secondary N) is 2. The molecule has 0 unspecified atom stereocenters. The van der Waals surface area contributed by atoms with Crippen molar-refractivity contribution in [2.45, 2.75) is 11.3 Å². The Bertz CT molecular complexity index is 915. The Morgan fingerprint density at radius 1 is 1.15 bits per heavy atom. The lowest BCUT2D eigenvalue weighted by atomic mass is 10.2. The minimum Gasteiger partial charge on any atom is -0.330 e. The van der Waals surface area contributed by atoms with Crippen molar-refractivity contribution in [3.8, 4) is 0 Å². The lowest BCUT2D eigenvalue weighted by molar-refractivity contribution is -0.113. The summed E-state index contributed by atoms with van der Waals surface area (Å²) in [6.07, 6.45) is 0. The summed E-state index contributed by atoms with van der Waals surface area (Å²) in [5, 5.41) is 15.7. The van der Waals surface area contributed by atoms with Crippen LogP contribution in [0.15, 0.2) is 46.8 Å². The van der Waals surface area contributed by atoms with Crippen molar-refractivity contribution in [3.63, 3.8) is 0 Å². The number of nitrogens with zero attached hydrogens (tertiary/aromatic N) is 2. The van der Waals surface area contributed by atoms with E-state index in [2.05, 4.69) is 20.8 Å². The van der Waals surface area contributed by atoms with Crippen molar-refractivity contribution in [1.82, 2.24) is 10.2 Å². The molecule has 9 heteroatoms. The van der Waals surface area contributed by atoms with E-state index in [0.717, 1.165) is 5.69 Å². The number of aromatic nitrogens is 2. The Hall–Kier alpha value is -1.80. The van der Waals surface area contributed by atoms with E-state index < -0.39 is 0 Å². The minimum atomic E-state index is -0.192. The molecule has 134 valence electrons. The Kier molecular flexibility index (Phi) is 6.37. The molecule has 1 aromatic heterocycles. The summed E-state index contributed by atoms with van der Waals surface area (Å²) >= 11 is 14.6. The number of carbonyl (C=O) groups is 1. The molecule has 0 atom stereocenters. The van der Waals surface area contributed by atoms with Gasteiger partial charge in [0.25, 0.3) is 0 Å². The van der Waals surface area contributed by atoms with E-state index in [1.807, 2.05) is 31.2 Å². The number of carbonyl (C=O) groups excluding carboxylic acids is 1. The number of hydrogen-bond acceptors (Lipinski definition) is 6. The molecule has 0 aliphatic rings. The van der Waals surface area contributed by atoms with Crippen LogP contribution in [0.25, 0.3) is 0 Å². The number of thioether (sulfide) groups is 1. The first kappa shape index (κ1) is 19.0. The van der Waals surface area contributed by atoms with Gasteiger partial charge in [-0.3, -0.25) is 4.79 Å². The standard InChI is InChI=1S/C17H14Cl2N4OS2/c1-10-2-5-12(6-3-10)20-16-22-23-17(26-16)25-9-15(24)21-14-8-11(18)4-7-13(14)19/h2-8H,9H2,1H3,(H,20,22)(H,21,24). The topological polar surface area (TPSA) is 66.9 Å². The van der Waals surface area contributed by atoms with E-state index in [9.17, 15) is 4.79 Å². The first-order chi connectivity index (χ1) is 12.5. The third-order valence-corrected chi connectivity index (χ3v) is 5.78. The third kappa shape index (κ3) is 5.35. The lowest BCUT2D eigenvalue weighted by Gasteiger charge is -2.06. The van der Waals surface area contributed by atoms with Crippen molar-refractivity contribution in [2.75, 3.05) is 16.4 Å². The quantitative estimate of drug-likeness (QED) is 0.501. The highest BCUT2D eigenvalue weighted by Crippen LogP contribution is 2.29. The lowest BCUT2D eigenvalue weighted by Crippen LogP contribution is -2.14. The maximum Gasteiger partial charge on any atom is 0.234 e. The number of aryl methyl sites for hydroxylation is 1. The predicted molar refractivity (Wildman–Crippen MR) is 110 cm³/mol. The molecule has 2 N–H and O–H groups in total. The van der Waals surface area contributed by atoms with E-state index in [-0.39, 0.29) is 11.7 Å². The molecule has 0 bridgehead atoms. The van der Waals surface area contributed by atoms with Gasteiger partial charge < -0.3 is 10.6 Å². The van der Waals surface area contributed by atoms with Crippen LogP contribution in [0.5, 0.6) is 0 Å². The van der Waals surface area contributed by atoms with Gasteiger partial charge in [-0.05, 0) is 37.3 Å². The summed E-state index contributed by atoms with van der Waals surface area (Å²) in [4.78, 5) is 12.1. The van der Waals surface area contributed by atoms with Crippen molar-refractivity contribution >= 4 is 68.7 Å². The molecule has 0 saturated heterocycles. The molecule has 3 aromatic rings. The Labute approximate surface area is 169 Å². The van der Waals surface area contributed by atoms with Gasteiger partial charge in [-0.1, -0.05) is 64.0 Å². The van der Waals surface area contributed by atoms with Gasteiger partial charge in [0.1, 0.15) is 0 Å². The molecular formula is C17H14Cl2N4OS2. The monoisotopic (exact) mass is 424 g/mol. The van der Waals surface area contributed by atoms with E-state index >= 15 is 0 Å². The van der Waals surface area contributed by atoms with Crippen molar-refractivity contribution < 1.29 is 4.79 Å². The maximum atomic E-state index is 12.1. The van der Waals surface area contributed by atoms with Crippen LogP contribution < -0.4 is 10.6 Å². The minimum absolute atomic E-state index is 0.192. The van der Waals surface area contributed by atoms with Crippen LogP contribution in [-0.4, -0.2) is 21.9 Å². The molecule has 0 aliphatic heterocycles. The number of anilines is 3. The molecule has 1 amide bonds. The molecular weight excluding hydrogens is 411 g/mol. The van der Waals surface area contributed by atoms with Crippen LogP contribution in [0.3, 0.4) is 0 Å². The number of hydrogen-bond donors (Lipinski definition) is 2. The Morgan fingerprint density at radius 2 is 1.92 bits per heavy atom. The summed E-state index contributed by atoms with van der Waals surface area (Å²) in [6, 6.07) is 12.9. The predicted octanol–water partition coefficient (Wildman–Crippen LogP) is 5.63. The zero-order valence-electron chi connectivity index (χ0n) is 13.6. The zero-order valence-corrected chi connectivity index (χ0v) is 16.8. The molecule has 3 rings (SSSR count). The SMILES string of the molecule is Cc1ccc(Nc2nnc(SCC(=O)Nc3cc(Cl)ccc3Cl)s2)cc1. The zero-order chi connectivity index (χ0) is 18.5. The largest absolute Gasteiger partial charge is 0.330 e. The molecule has 0 spiro atoms. The van der Waals surface area contributed by atoms with Gasteiger partial charge in [0, 0.05) is 10.7 Å². The van der Waals surface area contributed by atoms with Gasteiger partial charge in [-0.15, -0.1) is 10.2 Å². The summed E-state index contributed by atoms with van der Waals surface area (Å²) < 4.78 is 0.701. The Balaban J connectivity index is 1.53. The van der Waals surface area contributed by atoms with E-state index in [1.165, 1.54) is 28.7 Å². The van der Waals surface area contributed by atoms with Gasteiger partial charge in [-0.2, -0.15) is 0 Å². The number of amides is 1. The summed E-state index contributed by atoms with van der Waals surface area (Å²) in [5.74, 6) is 0.00422. The number of rotatable bonds is 6. The van der Waals surface area contributed by atoms with Gasteiger partial charge in [-0.25, -0.2) is 0 Å². The van der Waals surface area contributed by atoms with Crippen LogP contribution >= 0.6 is 46.3 Å². The normalized spacial score (nSPS) is 10.6. The van der Waals surface area contributed by atoms with E-state index in [1.54, 1.807) is 18.2 Å². The fraction of sp³-hybridized carbons (Fsp3) is 0.118. The number of halogens is 2. The number of benzene rings is 2. The average Bonchev–Trinajstić information content (AvgIpc) is 3.06. The summed E-state index contributed by atoms with van der Waals surface area (Å²) in [5.41, 5.74) is 2.62. The first-order valence-electron chi connectivity index (χ1n) is 7.54. The molecule has 5 nitrogen and oxygen atoms in total. The van der Waals surface area contributed by atoms with Gasteiger partial charge >= 0.3 is 0 Å². The van der Waals surface area contributed by atoms with Crippen LogP contribution in [0.4, 0.5) is 16.5 Å². The second-order valence-electron chi connectivity index (χ2n) is 5.33. The van der Waals surface area contributed by atoms with E-state index in [0.29, 0.717) is 25.2 Å². The van der Waals surface area contributed by atoms with Crippen LogP contribution in [0.1, 0.15) is 5.56 Å². The maximum absolute atomic E-state index is 12.1. The van der Waals surface area contributed by atoms with Crippen molar-refractivity contribution in [2.24, 2.45) is 0 Å². The van der Waals surface area contributed by atoms with Gasteiger partial charge in [0.2, 0.25) is 11.0 Å². The summed E-state index contributed by atoms with van der Waals surface area (Å²) in [6.45, 7) is 2.03. The highest BCUT2D eigenvalue weighted by atomic mass is 35.5. The average molecular weight is 425 g/mol. The Morgan fingerprint density at radius 3 is 2.69 bits per heavy atom. The van der Waals surface area contributed by atoms with Gasteiger partial charge in [0.15, 0.2) is 4.34 Å². The second-order valence-corrected chi connectivity index (χ2v) is 8.37. The molecule has 1 heterocycles. The second kappa shape index (κ2) is 8.73. The molecule has 0 aliphatic carbocycles. The van der Waals surface area contributed by atoms with E-state index in [4.69, 9.17) is 23.2 Å². The van der Waals surface area contributed by atoms with Crippen molar-refractivity contribution in [1.29, 1.82) is 0 Å². The van der Waals surface area contributed by atoms with Crippen molar-refractivity contribution in [3.05, 3.63) is 58.1 Å². The summed E-state index contributed by atoms with van der Waals surface area (Å²) in [7, 11) is 0. The highest BCUT2D eigenvalue weighted by Gasteiger charge is 2.10. The first-order valence-corrected chi connectivity index (χ1v) is 10.1. The van der Waals surface area contributed by atoms with Crippen LogP contribution in [-0.2, 0) is 4.79 Å². The molecule has 26 heavy (non-hydrogen) atoms. The fourth-order valence-electron chi connectivity index (χ4n) is 1.99. The highest BCUT2D eigenvalue weighted by molar-refractivity contribution is 8.01. The molecule has 0 radical (unpaired) electrons. The molecule has 0 saturated carbocycles. The third-order valence-electron chi connectivity index (χ3n) is 3.24. The van der Waals surface area contributed by atoms with Crippen LogP contribution in [0, 0.1) is 6.92 Å². The van der Waals surface area contributed by atoms with Crippen LogP contribution in [0.2, 0.25) is 10.0 Å². The smallest absolute Gasteiger partial charge is 0.234 e. The van der Waals surface area contributed by atoms with Gasteiger partial charge in [0.05, 0.1) is 16.5 Å². The fourth-order valence-corrected chi connectivity index (χ4v) is 3.89. The molecule has 2 aromatic carbocycles. The molecule has 0 fully saturated rings.